The second kappa shape index (κ2) is 12.3. The molecule has 2 atom stereocenters. The van der Waals surface area contributed by atoms with E-state index in [0.29, 0.717) is 0 Å². The zero-order chi connectivity index (χ0) is 27.1. The number of phosphoric acid groups is 1. The van der Waals surface area contributed by atoms with Crippen molar-refractivity contribution < 1.29 is 51.5 Å². The third-order valence-corrected chi connectivity index (χ3v) is 6.23. The maximum atomic E-state index is 12.8. The lowest BCUT2D eigenvalue weighted by Crippen LogP contribution is -2.50. The molecule has 1 saturated heterocycles. The predicted octanol–water partition coefficient (Wildman–Crippen LogP) is 2.74. The average molecular weight is 524 g/mol. The second-order valence-electron chi connectivity index (χ2n) is 10.7. The summed E-state index contributed by atoms with van der Waals surface area (Å²) in [5.74, 6) is -2.17. The van der Waals surface area contributed by atoms with Gasteiger partial charge in [0.15, 0.2) is 6.10 Å². The van der Waals surface area contributed by atoms with Crippen LogP contribution in [0.25, 0.3) is 0 Å². The molecule has 0 aromatic heterocycles. The molecule has 13 heteroatoms. The average Bonchev–Trinajstić information content (AvgIpc) is 2.72. The maximum absolute atomic E-state index is 12.8. The number of rotatable bonds is 11. The first kappa shape index (κ1) is 31.0. The number of carbonyl (C=O) groups excluding carboxylic acids is 4. The molecule has 12 nitrogen and oxygen atoms in total. The molecule has 0 radical (unpaired) electrons. The van der Waals surface area contributed by atoms with Gasteiger partial charge >= 0.3 is 25.7 Å². The van der Waals surface area contributed by atoms with Gasteiger partial charge in [-0.05, 0) is 20.8 Å². The van der Waals surface area contributed by atoms with E-state index in [1.807, 2.05) is 0 Å². The number of phosphoric ester groups is 1. The van der Waals surface area contributed by atoms with Crippen LogP contribution in [0.2, 0.25) is 0 Å². The smallest absolute Gasteiger partial charge is 0.469 e. The molecule has 1 rings (SSSR count). The van der Waals surface area contributed by atoms with Gasteiger partial charge in [-0.2, -0.15) is 0 Å². The van der Waals surface area contributed by atoms with E-state index in [4.69, 9.17) is 23.0 Å². The van der Waals surface area contributed by atoms with Gasteiger partial charge in [-0.1, -0.05) is 27.7 Å². The Labute approximate surface area is 206 Å². The number of nitrogens with one attached hydrogen (secondary N) is 1. The minimum Gasteiger partial charge on any atom is -0.469 e. The molecule has 1 aliphatic heterocycles. The van der Waals surface area contributed by atoms with Gasteiger partial charge in [0.25, 0.3) is 0 Å². The molecule has 1 unspecified atom stereocenters. The minimum atomic E-state index is -4.21. The third kappa shape index (κ3) is 10.6. The van der Waals surface area contributed by atoms with Crippen LogP contribution in [0.15, 0.2) is 0 Å². The van der Waals surface area contributed by atoms with Gasteiger partial charge in [0.1, 0.15) is 0 Å². The third-order valence-electron chi connectivity index (χ3n) is 4.89. The highest BCUT2D eigenvalue weighted by atomic mass is 31.2. The van der Waals surface area contributed by atoms with Crippen molar-refractivity contribution in [3.63, 3.8) is 0 Å². The molecule has 1 amide bonds. The van der Waals surface area contributed by atoms with Crippen molar-refractivity contribution >= 4 is 31.6 Å². The number of hydrogen-bond donors (Lipinski definition) is 1. The van der Waals surface area contributed by atoms with E-state index in [0.717, 1.165) is 0 Å². The van der Waals surface area contributed by atoms with Gasteiger partial charge < -0.3 is 19.5 Å². The summed E-state index contributed by atoms with van der Waals surface area (Å²) in [6.45, 7) is 11.1. The van der Waals surface area contributed by atoms with Gasteiger partial charge in [-0.15, -0.1) is 0 Å². The highest BCUT2D eigenvalue weighted by molar-refractivity contribution is 7.48. The van der Waals surface area contributed by atoms with Gasteiger partial charge in [0.2, 0.25) is 12.7 Å². The van der Waals surface area contributed by atoms with Crippen molar-refractivity contribution in [1.82, 2.24) is 5.32 Å². The van der Waals surface area contributed by atoms with Crippen molar-refractivity contribution in [2.24, 2.45) is 16.2 Å². The van der Waals surface area contributed by atoms with Crippen LogP contribution in [0.5, 0.6) is 0 Å². The van der Waals surface area contributed by atoms with E-state index in [1.165, 1.54) is 7.11 Å². The fraction of sp³-hybridized carbons (Fsp3) is 0.818. The standard InChI is InChI=1S/C22H38NO11P/c1-20(2,3)19(27)30-12-21(4,5)11-16(25)31-14-33-35(28)32-13-22(6,7)17(34-35)18(26)23-10-9-15(24)29-8/h17H,9-14H2,1-8H3,(H,23,26)/t17-,35?/m0/s1. The van der Waals surface area contributed by atoms with Crippen LogP contribution in [0, 0.1) is 16.2 Å². The van der Waals surface area contributed by atoms with Crippen molar-refractivity contribution in [2.45, 2.75) is 67.4 Å². The first-order valence-electron chi connectivity index (χ1n) is 11.2. The largest absolute Gasteiger partial charge is 0.478 e. The Morgan fingerprint density at radius 2 is 1.69 bits per heavy atom. The lowest BCUT2D eigenvalue weighted by molar-refractivity contribution is -0.163. The maximum Gasteiger partial charge on any atom is 0.478 e. The van der Waals surface area contributed by atoms with Crippen molar-refractivity contribution in [1.29, 1.82) is 0 Å². The minimum absolute atomic E-state index is 0.00558. The number of hydrogen-bond acceptors (Lipinski definition) is 11. The summed E-state index contributed by atoms with van der Waals surface area (Å²) in [6, 6.07) is 0. The molecule has 1 N–H and O–H groups in total. The van der Waals surface area contributed by atoms with E-state index in [1.54, 1.807) is 48.5 Å². The van der Waals surface area contributed by atoms with Gasteiger partial charge in [0.05, 0.1) is 38.6 Å². The first-order chi connectivity index (χ1) is 15.9. The monoisotopic (exact) mass is 523 g/mol. The zero-order valence-electron chi connectivity index (χ0n) is 21.8. The number of amides is 1. The molecule has 0 spiro atoms. The second-order valence-corrected chi connectivity index (χ2v) is 12.4. The lowest BCUT2D eigenvalue weighted by Gasteiger charge is -2.39. The molecule has 1 aliphatic rings. The van der Waals surface area contributed by atoms with Crippen molar-refractivity contribution in [2.75, 3.05) is 33.7 Å². The summed E-state index contributed by atoms with van der Waals surface area (Å²) < 4.78 is 43.2. The van der Waals surface area contributed by atoms with E-state index >= 15 is 0 Å². The molecule has 0 aromatic carbocycles. The van der Waals surface area contributed by atoms with E-state index in [2.05, 4.69) is 10.1 Å². The fourth-order valence-electron chi connectivity index (χ4n) is 2.70. The fourth-order valence-corrected chi connectivity index (χ4v) is 4.21. The van der Waals surface area contributed by atoms with Crippen LogP contribution in [0.3, 0.4) is 0 Å². The van der Waals surface area contributed by atoms with Crippen molar-refractivity contribution in [3.8, 4) is 0 Å². The summed E-state index contributed by atoms with van der Waals surface area (Å²) in [7, 11) is -2.98. The van der Waals surface area contributed by atoms with Crippen LogP contribution in [0.1, 0.15) is 61.3 Å². The summed E-state index contributed by atoms with van der Waals surface area (Å²) in [5.41, 5.74) is -2.23. The Balaban J connectivity index is 2.57. The predicted molar refractivity (Wildman–Crippen MR) is 123 cm³/mol. The topological polar surface area (TPSA) is 153 Å². The SMILES string of the molecule is COC(=O)CCNC(=O)[C@@H]1OP(=O)(OCOC(=O)CC(C)(C)COC(=O)C(C)(C)C)OCC1(C)C. The molecule has 1 heterocycles. The Hall–Kier alpha value is -2.01. The lowest BCUT2D eigenvalue weighted by atomic mass is 9.87. The molecule has 0 bridgehead atoms. The summed E-state index contributed by atoms with van der Waals surface area (Å²) in [5, 5.41) is 2.52. The molecule has 202 valence electrons. The molecular weight excluding hydrogens is 485 g/mol. The number of methoxy groups -OCH3 is 1. The highest BCUT2D eigenvalue weighted by Crippen LogP contribution is 2.57. The summed E-state index contributed by atoms with van der Waals surface area (Å²) >= 11 is 0. The molecule has 0 saturated carbocycles. The normalized spacial score (nSPS) is 22.1. The number of carbonyl (C=O) groups is 4. The van der Waals surface area contributed by atoms with E-state index < -0.39 is 60.8 Å². The number of ether oxygens (including phenoxy) is 3. The molecule has 0 aromatic rings. The van der Waals surface area contributed by atoms with Crippen molar-refractivity contribution in [3.05, 3.63) is 0 Å². The summed E-state index contributed by atoms with van der Waals surface area (Å²) in [4.78, 5) is 47.9. The molecule has 1 fully saturated rings. The quantitative estimate of drug-likeness (QED) is 0.184. The van der Waals surface area contributed by atoms with Crippen LogP contribution in [-0.4, -0.2) is 63.6 Å². The Kier molecular flexibility index (Phi) is 10.9. The van der Waals surface area contributed by atoms with Crippen LogP contribution in [-0.2, 0) is 51.5 Å². The van der Waals surface area contributed by atoms with Gasteiger partial charge in [-0.3, -0.25) is 28.2 Å². The Morgan fingerprint density at radius 3 is 2.26 bits per heavy atom. The van der Waals surface area contributed by atoms with E-state index in [9.17, 15) is 23.7 Å². The van der Waals surface area contributed by atoms with E-state index in [-0.39, 0.29) is 32.6 Å². The molecule has 0 aliphatic carbocycles. The van der Waals surface area contributed by atoms with Crippen LogP contribution in [0.4, 0.5) is 0 Å². The Bertz CT molecular complexity index is 832. The Morgan fingerprint density at radius 1 is 1.06 bits per heavy atom. The number of esters is 3. The molecular formula is C22H38NO11P. The molecule has 35 heavy (non-hydrogen) atoms. The highest BCUT2D eigenvalue weighted by Gasteiger charge is 2.49. The van der Waals surface area contributed by atoms with Crippen LogP contribution < -0.4 is 5.32 Å². The summed E-state index contributed by atoms with van der Waals surface area (Å²) in [6.07, 6.45) is -1.34. The first-order valence-corrected chi connectivity index (χ1v) is 12.6. The van der Waals surface area contributed by atoms with Gasteiger partial charge in [0, 0.05) is 17.4 Å². The van der Waals surface area contributed by atoms with Gasteiger partial charge in [-0.25, -0.2) is 9.09 Å². The van der Waals surface area contributed by atoms with Crippen LogP contribution >= 0.6 is 7.82 Å². The zero-order valence-corrected chi connectivity index (χ0v) is 22.7.